The Labute approximate surface area is 139 Å². The maximum absolute atomic E-state index is 10.4. The number of aliphatic hydroxyl groups is 1. The number of ether oxygens (including phenoxy) is 1. The first kappa shape index (κ1) is 16.5. The van der Waals surface area contributed by atoms with Crippen LogP contribution in [0.1, 0.15) is 25.3 Å². The molecular formula is C19H28N2O2. The molecule has 0 spiro atoms. The third kappa shape index (κ3) is 4.34. The van der Waals surface area contributed by atoms with Gasteiger partial charge in [-0.3, -0.25) is 9.80 Å². The third-order valence-electron chi connectivity index (χ3n) is 4.73. The average Bonchev–Trinajstić information content (AvgIpc) is 3.15. The molecule has 4 heteroatoms. The van der Waals surface area contributed by atoms with Crippen LogP contribution in [0.3, 0.4) is 0 Å². The molecule has 1 aromatic rings. The summed E-state index contributed by atoms with van der Waals surface area (Å²) in [6.07, 6.45) is 2.31. The molecule has 1 N–H and O–H groups in total. The van der Waals surface area contributed by atoms with Gasteiger partial charge in [-0.25, -0.2) is 0 Å². The summed E-state index contributed by atoms with van der Waals surface area (Å²) in [5.74, 6) is 0.890. The second-order valence-corrected chi connectivity index (χ2v) is 6.97. The fourth-order valence-electron chi connectivity index (χ4n) is 3.61. The third-order valence-corrected chi connectivity index (χ3v) is 4.73. The zero-order valence-electron chi connectivity index (χ0n) is 14.1. The molecule has 4 nitrogen and oxygen atoms in total. The standard InChI is InChI=1S/C19H28N2O2/c1-15(2)14-23-17-7-5-6-16(10-17)11-20-12-18(19(22)13-20)21-8-3-4-9-21/h5-7,10,18-19,22H,1,3-4,8-9,11-14H2,2H3/t18-,19-/m0/s1. The van der Waals surface area contributed by atoms with Crippen molar-refractivity contribution in [2.45, 2.75) is 38.5 Å². The van der Waals surface area contributed by atoms with Crippen molar-refractivity contribution in [1.82, 2.24) is 9.80 Å². The van der Waals surface area contributed by atoms with Gasteiger partial charge < -0.3 is 9.84 Å². The molecule has 3 rings (SSSR count). The van der Waals surface area contributed by atoms with E-state index in [-0.39, 0.29) is 6.10 Å². The van der Waals surface area contributed by atoms with Crippen molar-refractivity contribution in [2.75, 3.05) is 32.8 Å². The summed E-state index contributed by atoms with van der Waals surface area (Å²) in [5.41, 5.74) is 2.25. The van der Waals surface area contributed by atoms with Gasteiger partial charge in [0.25, 0.3) is 0 Å². The molecule has 1 aromatic carbocycles. The van der Waals surface area contributed by atoms with Crippen LogP contribution in [0, 0.1) is 0 Å². The smallest absolute Gasteiger partial charge is 0.120 e. The number of β-amino-alcohol motifs (C(OH)–C–C–N with tert-alkyl or cyclic N) is 1. The van der Waals surface area contributed by atoms with Gasteiger partial charge in [-0.1, -0.05) is 18.7 Å². The van der Waals surface area contributed by atoms with Gasteiger partial charge in [-0.05, 0) is 56.1 Å². The lowest BCUT2D eigenvalue weighted by Gasteiger charge is -2.25. The Morgan fingerprint density at radius 1 is 1.30 bits per heavy atom. The van der Waals surface area contributed by atoms with E-state index in [1.54, 1.807) is 0 Å². The number of aliphatic hydroxyl groups excluding tert-OH is 1. The van der Waals surface area contributed by atoms with E-state index < -0.39 is 0 Å². The topological polar surface area (TPSA) is 35.9 Å². The zero-order valence-corrected chi connectivity index (χ0v) is 14.1. The van der Waals surface area contributed by atoms with Crippen molar-refractivity contribution in [3.05, 3.63) is 42.0 Å². The molecule has 2 aliphatic heterocycles. The molecule has 0 amide bonds. The van der Waals surface area contributed by atoms with E-state index in [1.807, 2.05) is 19.1 Å². The minimum absolute atomic E-state index is 0.226. The Morgan fingerprint density at radius 3 is 2.83 bits per heavy atom. The van der Waals surface area contributed by atoms with Crippen LogP contribution in [0.15, 0.2) is 36.4 Å². The Bertz CT molecular complexity index is 540. The number of hydrogen-bond donors (Lipinski definition) is 1. The molecule has 0 bridgehead atoms. The molecule has 23 heavy (non-hydrogen) atoms. The fraction of sp³-hybridized carbons (Fsp3) is 0.579. The van der Waals surface area contributed by atoms with Crippen molar-refractivity contribution in [1.29, 1.82) is 0 Å². The van der Waals surface area contributed by atoms with Crippen LogP contribution in [0.4, 0.5) is 0 Å². The maximum Gasteiger partial charge on any atom is 0.120 e. The van der Waals surface area contributed by atoms with Gasteiger partial charge >= 0.3 is 0 Å². The first-order valence-electron chi connectivity index (χ1n) is 8.62. The number of nitrogens with zero attached hydrogens (tertiary/aromatic N) is 2. The second kappa shape index (κ2) is 7.47. The van der Waals surface area contributed by atoms with Gasteiger partial charge in [0, 0.05) is 25.7 Å². The lowest BCUT2D eigenvalue weighted by atomic mass is 10.2. The molecule has 0 radical (unpaired) electrons. The van der Waals surface area contributed by atoms with Crippen molar-refractivity contribution in [2.24, 2.45) is 0 Å². The average molecular weight is 316 g/mol. The summed E-state index contributed by atoms with van der Waals surface area (Å²) in [6.45, 7) is 11.3. The van der Waals surface area contributed by atoms with Gasteiger partial charge in [0.15, 0.2) is 0 Å². The highest BCUT2D eigenvalue weighted by Crippen LogP contribution is 2.23. The zero-order chi connectivity index (χ0) is 16.2. The molecule has 126 valence electrons. The monoisotopic (exact) mass is 316 g/mol. The normalized spacial score (nSPS) is 25.8. The quantitative estimate of drug-likeness (QED) is 0.817. The first-order valence-corrected chi connectivity index (χ1v) is 8.62. The van der Waals surface area contributed by atoms with Gasteiger partial charge in [-0.15, -0.1) is 0 Å². The molecule has 2 heterocycles. The lowest BCUT2D eigenvalue weighted by molar-refractivity contribution is 0.0978. The predicted octanol–water partition coefficient (Wildman–Crippen LogP) is 2.28. The highest BCUT2D eigenvalue weighted by molar-refractivity contribution is 5.29. The summed E-state index contributed by atoms with van der Waals surface area (Å²) >= 11 is 0. The molecule has 0 unspecified atom stereocenters. The van der Waals surface area contributed by atoms with Gasteiger partial charge in [-0.2, -0.15) is 0 Å². The van der Waals surface area contributed by atoms with Crippen LogP contribution in [-0.2, 0) is 6.54 Å². The van der Waals surface area contributed by atoms with Gasteiger partial charge in [0.05, 0.1) is 6.10 Å². The van der Waals surface area contributed by atoms with Crippen molar-refractivity contribution in [3.63, 3.8) is 0 Å². The molecule has 0 saturated carbocycles. The summed E-state index contributed by atoms with van der Waals surface area (Å²) in [7, 11) is 0. The van der Waals surface area contributed by atoms with Crippen LogP contribution in [-0.4, -0.2) is 59.8 Å². The number of hydrogen-bond acceptors (Lipinski definition) is 4. The highest BCUT2D eigenvalue weighted by Gasteiger charge is 2.36. The Kier molecular flexibility index (Phi) is 5.36. The highest BCUT2D eigenvalue weighted by atomic mass is 16.5. The van der Waals surface area contributed by atoms with E-state index in [1.165, 1.54) is 18.4 Å². The van der Waals surface area contributed by atoms with E-state index in [0.29, 0.717) is 12.6 Å². The fourth-order valence-corrected chi connectivity index (χ4v) is 3.61. The Morgan fingerprint density at radius 2 is 2.09 bits per heavy atom. The van der Waals surface area contributed by atoms with Crippen LogP contribution < -0.4 is 4.74 Å². The molecule has 2 aliphatic rings. The Balaban J connectivity index is 1.57. The summed E-state index contributed by atoms with van der Waals surface area (Å²) in [5, 5.41) is 10.4. The molecule has 2 fully saturated rings. The van der Waals surface area contributed by atoms with Gasteiger partial charge in [0.2, 0.25) is 0 Å². The van der Waals surface area contributed by atoms with E-state index in [0.717, 1.165) is 44.0 Å². The number of rotatable bonds is 6. The van der Waals surface area contributed by atoms with Crippen molar-refractivity contribution < 1.29 is 9.84 Å². The Hall–Kier alpha value is -1.36. The van der Waals surface area contributed by atoms with Crippen molar-refractivity contribution >= 4 is 0 Å². The minimum Gasteiger partial charge on any atom is -0.489 e. The van der Waals surface area contributed by atoms with Crippen LogP contribution >= 0.6 is 0 Å². The minimum atomic E-state index is -0.226. The van der Waals surface area contributed by atoms with E-state index in [4.69, 9.17) is 4.74 Å². The molecule has 0 aliphatic carbocycles. The van der Waals surface area contributed by atoms with Crippen molar-refractivity contribution in [3.8, 4) is 5.75 Å². The SMILES string of the molecule is C=C(C)COc1cccc(CN2C[C@H](O)[C@@H](N3CCCC3)C2)c1. The van der Waals surface area contributed by atoms with E-state index >= 15 is 0 Å². The molecular weight excluding hydrogens is 288 g/mol. The van der Waals surface area contributed by atoms with E-state index in [9.17, 15) is 5.11 Å². The summed E-state index contributed by atoms with van der Waals surface area (Å²) in [6, 6.07) is 8.55. The number of likely N-dealkylation sites (tertiary alicyclic amines) is 2. The van der Waals surface area contributed by atoms with Crippen LogP contribution in [0.5, 0.6) is 5.75 Å². The summed E-state index contributed by atoms with van der Waals surface area (Å²) in [4.78, 5) is 4.81. The van der Waals surface area contributed by atoms with Crippen LogP contribution in [0.25, 0.3) is 0 Å². The largest absolute Gasteiger partial charge is 0.489 e. The molecule has 0 aromatic heterocycles. The van der Waals surface area contributed by atoms with E-state index in [2.05, 4.69) is 28.5 Å². The lowest BCUT2D eigenvalue weighted by Crippen LogP contribution is -2.41. The molecule has 2 atom stereocenters. The van der Waals surface area contributed by atoms with Crippen LogP contribution in [0.2, 0.25) is 0 Å². The molecule has 2 saturated heterocycles. The predicted molar refractivity (Wildman–Crippen MR) is 92.6 cm³/mol. The maximum atomic E-state index is 10.4. The first-order chi connectivity index (χ1) is 11.1. The number of benzene rings is 1. The second-order valence-electron chi connectivity index (χ2n) is 6.97. The summed E-state index contributed by atoms with van der Waals surface area (Å²) < 4.78 is 5.72. The van der Waals surface area contributed by atoms with Gasteiger partial charge in [0.1, 0.15) is 12.4 Å².